The molecule has 0 aromatic carbocycles. The second-order valence-electron chi connectivity index (χ2n) is 23.5. The summed E-state index contributed by atoms with van der Waals surface area (Å²) in [6.07, 6.45) is 86.3. The summed E-state index contributed by atoms with van der Waals surface area (Å²) < 4.78 is 5.51. The average molecular weight is 1080 g/mol. The lowest BCUT2D eigenvalue weighted by Crippen LogP contribution is -2.45. The largest absolute Gasteiger partial charge is 0.466 e. The van der Waals surface area contributed by atoms with E-state index in [1.807, 2.05) is 6.08 Å². The first-order chi connectivity index (χ1) is 38.0. The number of hydrogen-bond donors (Lipinski definition) is 3. The number of amides is 1. The summed E-state index contributed by atoms with van der Waals surface area (Å²) >= 11 is 0. The third-order valence-corrected chi connectivity index (χ3v) is 15.8. The van der Waals surface area contributed by atoms with Crippen molar-refractivity contribution in [3.05, 3.63) is 48.6 Å². The van der Waals surface area contributed by atoms with Gasteiger partial charge in [-0.3, -0.25) is 9.59 Å². The normalized spacial score (nSPS) is 12.8. The first-order valence-corrected chi connectivity index (χ1v) is 34.4. The quantitative estimate of drug-likeness (QED) is 0.0320. The highest BCUT2D eigenvalue weighted by molar-refractivity contribution is 5.76. The number of ether oxygens (including phenoxy) is 1. The molecule has 0 saturated carbocycles. The predicted molar refractivity (Wildman–Crippen MR) is 338 cm³/mol. The number of rotatable bonds is 64. The summed E-state index contributed by atoms with van der Waals surface area (Å²) in [6.45, 7) is 4.88. The van der Waals surface area contributed by atoms with Gasteiger partial charge in [-0.25, -0.2) is 0 Å². The zero-order chi connectivity index (χ0) is 55.7. The molecule has 0 aliphatic heterocycles. The minimum absolute atomic E-state index is 0.0135. The summed E-state index contributed by atoms with van der Waals surface area (Å²) in [5.41, 5.74) is 0. The topological polar surface area (TPSA) is 95.9 Å². The van der Waals surface area contributed by atoms with Gasteiger partial charge in [0, 0.05) is 12.8 Å². The first kappa shape index (κ1) is 74.8. The van der Waals surface area contributed by atoms with Gasteiger partial charge in [0.05, 0.1) is 25.4 Å². The van der Waals surface area contributed by atoms with Crippen molar-refractivity contribution in [1.82, 2.24) is 5.32 Å². The SMILES string of the molecule is CCCCC/C=C\C/C=C\CCCCCCCCCCCC(=O)OCCCCCCCCCCCCCC/C=C\CCCCCCCCCCCCCCCCCC(=O)NC(CO)C(O)/C=C/CCCCCCCCCC. The highest BCUT2D eigenvalue weighted by Crippen LogP contribution is 2.18. The second kappa shape index (κ2) is 66.3. The van der Waals surface area contributed by atoms with E-state index in [1.165, 1.54) is 289 Å². The molecule has 6 nitrogen and oxygen atoms in total. The molecular formula is C71H133NO5. The van der Waals surface area contributed by atoms with E-state index in [0.29, 0.717) is 19.4 Å². The van der Waals surface area contributed by atoms with Gasteiger partial charge in [-0.05, 0) is 89.9 Å². The maximum absolute atomic E-state index is 12.4. The smallest absolute Gasteiger partial charge is 0.305 e. The fourth-order valence-corrected chi connectivity index (χ4v) is 10.5. The van der Waals surface area contributed by atoms with Crippen LogP contribution in [0.4, 0.5) is 0 Å². The van der Waals surface area contributed by atoms with Crippen molar-refractivity contribution in [1.29, 1.82) is 0 Å². The van der Waals surface area contributed by atoms with Gasteiger partial charge in [0.15, 0.2) is 0 Å². The first-order valence-electron chi connectivity index (χ1n) is 34.4. The van der Waals surface area contributed by atoms with E-state index in [-0.39, 0.29) is 18.5 Å². The monoisotopic (exact) mass is 1080 g/mol. The van der Waals surface area contributed by atoms with E-state index in [4.69, 9.17) is 4.74 Å². The van der Waals surface area contributed by atoms with Gasteiger partial charge >= 0.3 is 5.97 Å². The molecule has 0 rings (SSSR count). The Labute approximate surface area is 480 Å². The molecule has 452 valence electrons. The standard InChI is InChI=1S/C71H133NO5/c1-3-5-7-9-11-13-15-16-17-18-32-36-39-42-45-49-53-57-61-65-71(76)77-66-62-58-54-50-46-43-40-37-34-31-29-27-25-23-21-19-20-22-24-26-28-30-33-35-38-41-44-48-52-56-60-64-70(75)72-68(67-73)69(74)63-59-55-51-47-14-12-10-8-6-4-2/h11,13,16-17,21,23,59,63,68-69,73-74H,3-10,12,14-15,18-20,22,24-58,60-62,64-67H2,1-2H3,(H,72,75)/b13-11-,17-16-,23-21-,63-59+. The lowest BCUT2D eigenvalue weighted by Gasteiger charge is -2.20. The molecule has 0 aromatic rings. The van der Waals surface area contributed by atoms with Crippen LogP contribution in [0.3, 0.4) is 0 Å². The van der Waals surface area contributed by atoms with E-state index in [9.17, 15) is 19.8 Å². The molecule has 6 heteroatoms. The maximum atomic E-state index is 12.4. The summed E-state index contributed by atoms with van der Waals surface area (Å²) in [5, 5.41) is 23.0. The Morgan fingerprint density at radius 2 is 0.649 bits per heavy atom. The molecule has 0 saturated heterocycles. The van der Waals surface area contributed by atoms with Crippen LogP contribution in [0.1, 0.15) is 367 Å². The number of aliphatic hydroxyl groups is 2. The minimum atomic E-state index is -0.841. The van der Waals surface area contributed by atoms with E-state index in [1.54, 1.807) is 6.08 Å². The van der Waals surface area contributed by atoms with Gasteiger partial charge in [0.1, 0.15) is 0 Å². The van der Waals surface area contributed by atoms with Crippen molar-refractivity contribution < 1.29 is 24.5 Å². The fourth-order valence-electron chi connectivity index (χ4n) is 10.5. The molecule has 2 unspecified atom stereocenters. The molecule has 0 aromatic heterocycles. The van der Waals surface area contributed by atoms with Crippen LogP contribution in [0, 0.1) is 0 Å². The van der Waals surface area contributed by atoms with Crippen molar-refractivity contribution in [2.24, 2.45) is 0 Å². The van der Waals surface area contributed by atoms with Gasteiger partial charge in [0.25, 0.3) is 0 Å². The van der Waals surface area contributed by atoms with E-state index < -0.39 is 12.1 Å². The molecular weight excluding hydrogens is 947 g/mol. The molecule has 0 radical (unpaired) electrons. The highest BCUT2D eigenvalue weighted by Gasteiger charge is 2.18. The number of unbranched alkanes of at least 4 members (excludes halogenated alkanes) is 47. The summed E-state index contributed by atoms with van der Waals surface area (Å²) in [4.78, 5) is 24.5. The third kappa shape index (κ3) is 62.9. The van der Waals surface area contributed by atoms with Gasteiger partial charge < -0.3 is 20.3 Å². The Morgan fingerprint density at radius 3 is 1.03 bits per heavy atom. The Hall–Kier alpha value is -2.18. The Morgan fingerprint density at radius 1 is 0.364 bits per heavy atom. The molecule has 0 aliphatic carbocycles. The highest BCUT2D eigenvalue weighted by atomic mass is 16.5. The van der Waals surface area contributed by atoms with Crippen molar-refractivity contribution in [2.75, 3.05) is 13.2 Å². The predicted octanol–water partition coefficient (Wildman–Crippen LogP) is 22.1. The summed E-state index contributed by atoms with van der Waals surface area (Å²) in [7, 11) is 0. The number of nitrogens with one attached hydrogen (secondary N) is 1. The minimum Gasteiger partial charge on any atom is -0.466 e. The number of allylic oxidation sites excluding steroid dienone is 7. The number of carbonyl (C=O) groups excluding carboxylic acids is 2. The Balaban J connectivity index is 3.34. The van der Waals surface area contributed by atoms with Crippen LogP contribution >= 0.6 is 0 Å². The Bertz CT molecular complexity index is 1290. The second-order valence-corrected chi connectivity index (χ2v) is 23.5. The van der Waals surface area contributed by atoms with Crippen LogP contribution in [0.25, 0.3) is 0 Å². The molecule has 0 bridgehead atoms. The molecule has 2 atom stereocenters. The van der Waals surface area contributed by atoms with Crippen LogP contribution in [-0.2, 0) is 14.3 Å². The molecule has 0 fully saturated rings. The van der Waals surface area contributed by atoms with E-state index >= 15 is 0 Å². The molecule has 1 amide bonds. The van der Waals surface area contributed by atoms with Crippen molar-refractivity contribution in [2.45, 2.75) is 379 Å². The van der Waals surface area contributed by atoms with E-state index in [2.05, 4.69) is 55.6 Å². The maximum Gasteiger partial charge on any atom is 0.305 e. The number of carbonyl (C=O) groups is 2. The molecule has 0 heterocycles. The van der Waals surface area contributed by atoms with Gasteiger partial charge in [-0.2, -0.15) is 0 Å². The van der Waals surface area contributed by atoms with Gasteiger partial charge in [-0.1, -0.05) is 313 Å². The van der Waals surface area contributed by atoms with Gasteiger partial charge in [-0.15, -0.1) is 0 Å². The molecule has 3 N–H and O–H groups in total. The lowest BCUT2D eigenvalue weighted by molar-refractivity contribution is -0.143. The van der Waals surface area contributed by atoms with Crippen LogP contribution in [0.2, 0.25) is 0 Å². The third-order valence-electron chi connectivity index (χ3n) is 15.8. The summed E-state index contributed by atoms with van der Waals surface area (Å²) in [6, 6.07) is -0.625. The van der Waals surface area contributed by atoms with Crippen LogP contribution < -0.4 is 5.32 Å². The summed E-state index contributed by atoms with van der Waals surface area (Å²) in [5.74, 6) is -0.0536. The van der Waals surface area contributed by atoms with Crippen molar-refractivity contribution in [3.63, 3.8) is 0 Å². The average Bonchev–Trinajstić information content (AvgIpc) is 3.43. The zero-order valence-corrected chi connectivity index (χ0v) is 51.7. The fraction of sp³-hybridized carbons (Fsp3) is 0.859. The van der Waals surface area contributed by atoms with Crippen LogP contribution in [0.15, 0.2) is 48.6 Å². The van der Waals surface area contributed by atoms with E-state index in [0.717, 1.165) is 51.4 Å². The molecule has 0 aliphatic rings. The van der Waals surface area contributed by atoms with Crippen molar-refractivity contribution in [3.8, 4) is 0 Å². The van der Waals surface area contributed by atoms with Crippen LogP contribution in [-0.4, -0.2) is 47.4 Å². The van der Waals surface area contributed by atoms with Crippen LogP contribution in [0.5, 0.6) is 0 Å². The number of esters is 1. The zero-order valence-electron chi connectivity index (χ0n) is 51.7. The number of aliphatic hydroxyl groups excluding tert-OH is 2. The molecule has 0 spiro atoms. The lowest BCUT2D eigenvalue weighted by atomic mass is 10.0. The Kier molecular flexibility index (Phi) is 64.5. The van der Waals surface area contributed by atoms with Gasteiger partial charge in [0.2, 0.25) is 5.91 Å². The number of hydrogen-bond acceptors (Lipinski definition) is 5. The molecule has 77 heavy (non-hydrogen) atoms. The van der Waals surface area contributed by atoms with Crippen molar-refractivity contribution >= 4 is 11.9 Å².